The van der Waals surface area contributed by atoms with Gasteiger partial charge in [-0.2, -0.15) is 5.10 Å². The zero-order chi connectivity index (χ0) is 13.2. The van der Waals surface area contributed by atoms with Crippen molar-refractivity contribution >= 4 is 23.3 Å². The fourth-order valence-corrected chi connectivity index (χ4v) is 2.25. The summed E-state index contributed by atoms with van der Waals surface area (Å²) in [5, 5.41) is 13.8. The van der Waals surface area contributed by atoms with Crippen molar-refractivity contribution in [3.63, 3.8) is 0 Å². The third-order valence-corrected chi connectivity index (χ3v) is 3.40. The maximum atomic E-state index is 12.1. The number of benzene rings is 1. The third-order valence-electron chi connectivity index (χ3n) is 3.14. The van der Waals surface area contributed by atoms with Gasteiger partial charge in [0.25, 0.3) is 5.91 Å². The van der Waals surface area contributed by atoms with Gasteiger partial charge in [-0.05, 0) is 37.2 Å². The predicted molar refractivity (Wildman–Crippen MR) is 73.4 cm³/mol. The number of fused-ring (bicyclic) bond motifs is 1. The van der Waals surface area contributed by atoms with Gasteiger partial charge in [0.1, 0.15) is 0 Å². The van der Waals surface area contributed by atoms with Crippen molar-refractivity contribution in [1.82, 2.24) is 15.5 Å². The first-order valence-electron chi connectivity index (χ1n) is 6.08. The average molecular weight is 277 g/mol. The highest BCUT2D eigenvalue weighted by Gasteiger charge is 2.18. The molecule has 3 rings (SSSR count). The molecule has 3 N–H and O–H groups in total. The van der Waals surface area contributed by atoms with E-state index in [9.17, 15) is 4.79 Å². The summed E-state index contributed by atoms with van der Waals surface area (Å²) in [6.45, 7) is 1.66. The van der Waals surface area contributed by atoms with Crippen LogP contribution >= 0.6 is 11.6 Å². The molecule has 0 saturated heterocycles. The van der Waals surface area contributed by atoms with Crippen molar-refractivity contribution in [1.29, 1.82) is 0 Å². The van der Waals surface area contributed by atoms with Gasteiger partial charge in [-0.15, -0.1) is 0 Å². The molecule has 0 bridgehead atoms. The molecule has 0 fully saturated rings. The summed E-state index contributed by atoms with van der Waals surface area (Å²) >= 11 is 5.80. The number of nitrogens with one attached hydrogen (secondary N) is 3. The van der Waals surface area contributed by atoms with Crippen molar-refractivity contribution in [3.05, 3.63) is 46.1 Å². The molecule has 19 heavy (non-hydrogen) atoms. The number of H-pyrrole nitrogens is 1. The Morgan fingerprint density at radius 1 is 1.32 bits per heavy atom. The molecule has 5 nitrogen and oxygen atoms in total. The molecule has 1 aromatic heterocycles. The number of halogens is 1. The van der Waals surface area contributed by atoms with Crippen LogP contribution in [0.15, 0.2) is 24.3 Å². The van der Waals surface area contributed by atoms with E-state index in [1.165, 1.54) is 0 Å². The lowest BCUT2D eigenvalue weighted by Gasteiger charge is -2.13. The minimum absolute atomic E-state index is 0.176. The van der Waals surface area contributed by atoms with E-state index in [0.717, 1.165) is 30.8 Å². The molecule has 1 aromatic carbocycles. The Kier molecular flexibility index (Phi) is 3.23. The molecular formula is C13H13ClN4O. The van der Waals surface area contributed by atoms with E-state index in [4.69, 9.17) is 11.6 Å². The van der Waals surface area contributed by atoms with E-state index in [-0.39, 0.29) is 5.91 Å². The maximum absolute atomic E-state index is 12.1. The molecule has 1 aliphatic heterocycles. The molecule has 6 heteroatoms. The molecule has 0 radical (unpaired) electrons. The highest BCUT2D eigenvalue weighted by atomic mass is 35.5. The van der Waals surface area contributed by atoms with Crippen LogP contribution in [0.25, 0.3) is 0 Å². The van der Waals surface area contributed by atoms with Crippen LogP contribution in [-0.2, 0) is 13.0 Å². The summed E-state index contributed by atoms with van der Waals surface area (Å²) in [6, 6.07) is 6.78. The summed E-state index contributed by atoms with van der Waals surface area (Å²) in [5.41, 5.74) is 2.69. The van der Waals surface area contributed by atoms with Crippen LogP contribution in [0.3, 0.4) is 0 Å². The normalized spacial score (nSPS) is 13.9. The minimum atomic E-state index is -0.176. The highest BCUT2D eigenvalue weighted by molar-refractivity contribution is 6.30. The Bertz CT molecular complexity index is 606. The molecule has 0 saturated carbocycles. The van der Waals surface area contributed by atoms with E-state index in [0.29, 0.717) is 16.4 Å². The largest absolute Gasteiger partial charge is 0.311 e. The fraction of sp³-hybridized carbons (Fsp3) is 0.231. The van der Waals surface area contributed by atoms with Crippen LogP contribution < -0.4 is 10.6 Å². The van der Waals surface area contributed by atoms with Gasteiger partial charge >= 0.3 is 0 Å². The molecule has 0 unspecified atom stereocenters. The molecular weight excluding hydrogens is 264 g/mol. The van der Waals surface area contributed by atoms with Crippen LogP contribution in [0.5, 0.6) is 0 Å². The van der Waals surface area contributed by atoms with Crippen molar-refractivity contribution < 1.29 is 4.79 Å². The molecule has 98 valence electrons. The van der Waals surface area contributed by atoms with Gasteiger partial charge in [0.05, 0.1) is 5.69 Å². The number of nitrogens with zero attached hydrogens (tertiary/aromatic N) is 1. The molecule has 1 aliphatic rings. The number of hydrogen-bond donors (Lipinski definition) is 3. The second-order valence-corrected chi connectivity index (χ2v) is 4.85. The maximum Gasteiger partial charge on any atom is 0.256 e. The fourth-order valence-electron chi connectivity index (χ4n) is 2.13. The Balaban J connectivity index is 1.79. The number of aromatic nitrogens is 2. The van der Waals surface area contributed by atoms with Crippen LogP contribution in [0, 0.1) is 0 Å². The summed E-state index contributed by atoms with van der Waals surface area (Å²) < 4.78 is 0. The van der Waals surface area contributed by atoms with Gasteiger partial charge in [0, 0.05) is 22.7 Å². The first-order valence-corrected chi connectivity index (χ1v) is 6.45. The number of hydrogen-bond acceptors (Lipinski definition) is 3. The second kappa shape index (κ2) is 5.03. The number of amides is 1. The van der Waals surface area contributed by atoms with E-state index in [1.54, 1.807) is 24.3 Å². The zero-order valence-corrected chi connectivity index (χ0v) is 10.9. The third kappa shape index (κ3) is 2.47. The van der Waals surface area contributed by atoms with Crippen LogP contribution in [-0.4, -0.2) is 22.6 Å². The number of carbonyl (C=O) groups excluding carboxylic acids is 1. The van der Waals surface area contributed by atoms with Crippen LogP contribution in [0.4, 0.5) is 5.82 Å². The summed E-state index contributed by atoms with van der Waals surface area (Å²) in [6.07, 6.45) is 0.863. The lowest BCUT2D eigenvalue weighted by atomic mass is 10.1. The van der Waals surface area contributed by atoms with E-state index in [1.807, 2.05) is 0 Å². The number of aromatic amines is 1. The van der Waals surface area contributed by atoms with Crippen molar-refractivity contribution in [2.75, 3.05) is 11.9 Å². The van der Waals surface area contributed by atoms with Crippen molar-refractivity contribution in [2.24, 2.45) is 0 Å². The standard InChI is InChI=1S/C13H13ClN4O/c14-9-3-1-8(2-4-9)13(19)16-12-10-5-6-15-7-11(10)17-18-12/h1-4,15H,5-7H2,(H2,16,17,18,19). The van der Waals surface area contributed by atoms with Gasteiger partial charge in [0.2, 0.25) is 0 Å². The minimum Gasteiger partial charge on any atom is -0.311 e. The monoisotopic (exact) mass is 276 g/mol. The van der Waals surface area contributed by atoms with Gasteiger partial charge in [-0.3, -0.25) is 9.89 Å². The summed E-state index contributed by atoms with van der Waals surface area (Å²) in [5.74, 6) is 0.445. The molecule has 0 spiro atoms. The highest BCUT2D eigenvalue weighted by Crippen LogP contribution is 2.20. The SMILES string of the molecule is O=C(Nc1n[nH]c2c1CCNC2)c1ccc(Cl)cc1. The number of anilines is 1. The molecule has 2 heterocycles. The Morgan fingerprint density at radius 2 is 2.11 bits per heavy atom. The Hall–Kier alpha value is -1.85. The van der Waals surface area contributed by atoms with Crippen molar-refractivity contribution in [2.45, 2.75) is 13.0 Å². The number of rotatable bonds is 2. The van der Waals surface area contributed by atoms with E-state index >= 15 is 0 Å². The lowest BCUT2D eigenvalue weighted by molar-refractivity contribution is 0.102. The number of carbonyl (C=O) groups is 1. The average Bonchev–Trinajstić information content (AvgIpc) is 2.83. The van der Waals surface area contributed by atoms with Gasteiger partial charge in [-0.25, -0.2) is 0 Å². The van der Waals surface area contributed by atoms with Crippen LogP contribution in [0.2, 0.25) is 5.02 Å². The molecule has 0 aliphatic carbocycles. The van der Waals surface area contributed by atoms with E-state index < -0.39 is 0 Å². The smallest absolute Gasteiger partial charge is 0.256 e. The first kappa shape index (κ1) is 12.2. The quantitative estimate of drug-likeness (QED) is 0.785. The summed E-state index contributed by atoms with van der Waals surface area (Å²) in [4.78, 5) is 12.1. The molecule has 0 atom stereocenters. The molecule has 1 amide bonds. The first-order chi connectivity index (χ1) is 9.24. The lowest BCUT2D eigenvalue weighted by Crippen LogP contribution is -2.24. The summed E-state index contributed by atoms with van der Waals surface area (Å²) in [7, 11) is 0. The molecule has 2 aromatic rings. The van der Waals surface area contributed by atoms with Crippen molar-refractivity contribution in [3.8, 4) is 0 Å². The topological polar surface area (TPSA) is 69.8 Å². The second-order valence-electron chi connectivity index (χ2n) is 4.42. The van der Waals surface area contributed by atoms with Gasteiger partial charge < -0.3 is 10.6 Å². The Labute approximate surface area is 115 Å². The van der Waals surface area contributed by atoms with Crippen LogP contribution in [0.1, 0.15) is 21.6 Å². The zero-order valence-electron chi connectivity index (χ0n) is 10.2. The van der Waals surface area contributed by atoms with Gasteiger partial charge in [-0.1, -0.05) is 11.6 Å². The van der Waals surface area contributed by atoms with E-state index in [2.05, 4.69) is 20.8 Å². The Morgan fingerprint density at radius 3 is 2.89 bits per heavy atom. The predicted octanol–water partition coefficient (Wildman–Crippen LogP) is 1.96. The van der Waals surface area contributed by atoms with Gasteiger partial charge in [0.15, 0.2) is 5.82 Å².